The fraction of sp³-hybridized carbons (Fsp3) is 0.263. The lowest BCUT2D eigenvalue weighted by molar-refractivity contribution is -0.132. The first-order valence-electron chi connectivity index (χ1n) is 8.13. The van der Waals surface area contributed by atoms with Crippen LogP contribution in [0.25, 0.3) is 11.3 Å². The Morgan fingerprint density at radius 1 is 1.25 bits per heavy atom. The maximum Gasteiger partial charge on any atom is 0.223 e. The first-order valence-corrected chi connectivity index (χ1v) is 9.01. The lowest BCUT2D eigenvalue weighted by Gasteiger charge is -2.26. The lowest BCUT2D eigenvalue weighted by Crippen LogP contribution is -2.35. The molecule has 0 fully saturated rings. The van der Waals surface area contributed by atoms with E-state index in [1.54, 1.807) is 17.5 Å². The monoisotopic (exact) mass is 338 g/mol. The van der Waals surface area contributed by atoms with Crippen LogP contribution in [0.3, 0.4) is 0 Å². The van der Waals surface area contributed by atoms with Crippen molar-refractivity contribution >= 4 is 17.2 Å². The molecule has 0 aliphatic carbocycles. The molecule has 0 bridgehead atoms. The van der Waals surface area contributed by atoms with Crippen molar-refractivity contribution in [1.82, 2.24) is 9.88 Å². The molecule has 1 aromatic carbocycles. The summed E-state index contributed by atoms with van der Waals surface area (Å²) in [6, 6.07) is 12.0. The quantitative estimate of drug-likeness (QED) is 0.724. The molecule has 3 aromatic rings. The number of aryl methyl sites for hydroxylation is 1. The third-order valence-corrected chi connectivity index (χ3v) is 5.35. The third kappa shape index (κ3) is 3.12. The van der Waals surface area contributed by atoms with Crippen LogP contribution in [0.1, 0.15) is 22.8 Å². The van der Waals surface area contributed by atoms with Crippen molar-refractivity contribution in [3.05, 3.63) is 64.3 Å². The molecule has 3 heterocycles. The Balaban J connectivity index is 1.36. The Bertz CT molecular complexity index is 838. The van der Waals surface area contributed by atoms with E-state index >= 15 is 0 Å². The van der Waals surface area contributed by atoms with Gasteiger partial charge < -0.3 is 9.32 Å². The molecule has 4 nitrogen and oxygen atoms in total. The average molecular weight is 338 g/mol. The van der Waals surface area contributed by atoms with Gasteiger partial charge in [-0.1, -0.05) is 30.3 Å². The summed E-state index contributed by atoms with van der Waals surface area (Å²) in [5.74, 6) is 1.54. The van der Waals surface area contributed by atoms with Gasteiger partial charge in [0.25, 0.3) is 0 Å². The zero-order chi connectivity index (χ0) is 16.4. The number of aromatic nitrogens is 1. The van der Waals surface area contributed by atoms with Crippen molar-refractivity contribution in [2.75, 3.05) is 6.54 Å². The number of hydrogen-bond donors (Lipinski definition) is 0. The summed E-state index contributed by atoms with van der Waals surface area (Å²) in [4.78, 5) is 20.1. The number of carbonyl (C=O) groups excluding carboxylic acids is 1. The molecule has 1 aliphatic heterocycles. The molecule has 122 valence electrons. The number of carbonyl (C=O) groups is 1. The molecule has 4 rings (SSSR count). The second kappa shape index (κ2) is 6.61. The maximum absolute atomic E-state index is 12.4. The van der Waals surface area contributed by atoms with Crippen molar-refractivity contribution in [3.63, 3.8) is 0 Å². The SMILES string of the molecule is O=C(CCc1ncc(-c2ccccc2)o1)N1CCc2sccc2C1. The van der Waals surface area contributed by atoms with Crippen molar-refractivity contribution in [2.24, 2.45) is 0 Å². The summed E-state index contributed by atoms with van der Waals surface area (Å²) in [7, 11) is 0. The molecule has 1 amide bonds. The topological polar surface area (TPSA) is 46.3 Å². The van der Waals surface area contributed by atoms with Gasteiger partial charge in [0.2, 0.25) is 5.91 Å². The molecule has 0 N–H and O–H groups in total. The fourth-order valence-electron chi connectivity index (χ4n) is 3.00. The standard InChI is InChI=1S/C19H18N2O2S/c22-19(21-10-8-17-15(13-21)9-11-24-17)7-6-18-20-12-16(23-18)14-4-2-1-3-5-14/h1-5,9,11-12H,6-8,10,13H2. The molecular weight excluding hydrogens is 320 g/mol. The van der Waals surface area contributed by atoms with Gasteiger partial charge in [0.1, 0.15) is 0 Å². The van der Waals surface area contributed by atoms with Gasteiger partial charge in [-0.3, -0.25) is 4.79 Å². The van der Waals surface area contributed by atoms with E-state index in [0.29, 0.717) is 18.7 Å². The predicted molar refractivity (Wildman–Crippen MR) is 93.7 cm³/mol. The minimum Gasteiger partial charge on any atom is -0.441 e. The van der Waals surface area contributed by atoms with Crippen molar-refractivity contribution in [3.8, 4) is 11.3 Å². The van der Waals surface area contributed by atoms with Crippen molar-refractivity contribution in [1.29, 1.82) is 0 Å². The molecular formula is C19H18N2O2S. The third-order valence-electron chi connectivity index (χ3n) is 4.32. The first-order chi connectivity index (χ1) is 11.8. The minimum absolute atomic E-state index is 0.173. The highest BCUT2D eigenvalue weighted by Gasteiger charge is 2.21. The van der Waals surface area contributed by atoms with Crippen LogP contribution in [0.15, 0.2) is 52.4 Å². The van der Waals surface area contributed by atoms with Crippen LogP contribution in [0.2, 0.25) is 0 Å². The summed E-state index contributed by atoms with van der Waals surface area (Å²) in [6.45, 7) is 1.55. The van der Waals surface area contributed by atoms with E-state index in [2.05, 4.69) is 16.4 Å². The second-order valence-corrected chi connectivity index (χ2v) is 6.92. The van der Waals surface area contributed by atoms with Gasteiger partial charge in [-0.2, -0.15) is 0 Å². The number of benzene rings is 1. The van der Waals surface area contributed by atoms with Crippen LogP contribution in [0.5, 0.6) is 0 Å². The smallest absolute Gasteiger partial charge is 0.223 e. The lowest BCUT2D eigenvalue weighted by atomic mass is 10.1. The van der Waals surface area contributed by atoms with Crippen LogP contribution < -0.4 is 0 Å². The summed E-state index contributed by atoms with van der Waals surface area (Å²) in [5, 5.41) is 2.11. The van der Waals surface area contributed by atoms with E-state index in [1.807, 2.05) is 35.2 Å². The van der Waals surface area contributed by atoms with E-state index < -0.39 is 0 Å². The maximum atomic E-state index is 12.4. The largest absolute Gasteiger partial charge is 0.441 e. The zero-order valence-electron chi connectivity index (χ0n) is 13.3. The Labute approximate surface area is 144 Å². The van der Waals surface area contributed by atoms with Gasteiger partial charge in [-0.05, 0) is 23.4 Å². The van der Waals surface area contributed by atoms with E-state index in [0.717, 1.165) is 30.8 Å². The highest BCUT2D eigenvalue weighted by Crippen LogP contribution is 2.25. The van der Waals surface area contributed by atoms with E-state index in [4.69, 9.17) is 4.42 Å². The van der Waals surface area contributed by atoms with E-state index in [9.17, 15) is 4.79 Å². The zero-order valence-corrected chi connectivity index (χ0v) is 14.1. The van der Waals surface area contributed by atoms with Gasteiger partial charge >= 0.3 is 0 Å². The van der Waals surface area contributed by atoms with E-state index in [-0.39, 0.29) is 5.91 Å². The highest BCUT2D eigenvalue weighted by molar-refractivity contribution is 7.10. The normalized spacial score (nSPS) is 13.8. The molecule has 2 aromatic heterocycles. The number of fused-ring (bicyclic) bond motifs is 1. The minimum atomic E-state index is 0.173. The summed E-state index contributed by atoms with van der Waals surface area (Å²) in [5.41, 5.74) is 2.30. The van der Waals surface area contributed by atoms with Crippen LogP contribution in [-0.4, -0.2) is 22.3 Å². The predicted octanol–water partition coefficient (Wildman–Crippen LogP) is 3.92. The first kappa shape index (κ1) is 15.1. The number of hydrogen-bond acceptors (Lipinski definition) is 4. The van der Waals surface area contributed by atoms with Crippen molar-refractivity contribution in [2.45, 2.75) is 25.8 Å². The molecule has 0 unspecified atom stereocenters. The molecule has 0 saturated heterocycles. The Kier molecular flexibility index (Phi) is 4.17. The number of thiophene rings is 1. The second-order valence-electron chi connectivity index (χ2n) is 5.92. The molecule has 0 saturated carbocycles. The van der Waals surface area contributed by atoms with Crippen molar-refractivity contribution < 1.29 is 9.21 Å². The van der Waals surface area contributed by atoms with Crippen LogP contribution in [0, 0.1) is 0 Å². The molecule has 0 atom stereocenters. The molecule has 0 radical (unpaired) electrons. The number of amides is 1. The van der Waals surface area contributed by atoms with Gasteiger partial charge in [0.15, 0.2) is 11.7 Å². The number of nitrogens with zero attached hydrogens (tertiary/aromatic N) is 2. The van der Waals surface area contributed by atoms with E-state index in [1.165, 1.54) is 10.4 Å². The Morgan fingerprint density at radius 2 is 2.12 bits per heavy atom. The number of rotatable bonds is 4. The van der Waals surface area contributed by atoms with Gasteiger partial charge in [-0.15, -0.1) is 11.3 Å². The fourth-order valence-corrected chi connectivity index (χ4v) is 3.88. The van der Waals surface area contributed by atoms with Crippen LogP contribution in [-0.2, 0) is 24.2 Å². The number of oxazole rings is 1. The molecule has 24 heavy (non-hydrogen) atoms. The van der Waals surface area contributed by atoms with Crippen LogP contribution in [0.4, 0.5) is 0 Å². The van der Waals surface area contributed by atoms with Crippen LogP contribution >= 0.6 is 11.3 Å². The molecule has 1 aliphatic rings. The summed E-state index contributed by atoms with van der Waals surface area (Å²) in [6.07, 6.45) is 3.68. The summed E-state index contributed by atoms with van der Waals surface area (Å²) >= 11 is 1.79. The van der Waals surface area contributed by atoms with Gasteiger partial charge in [-0.25, -0.2) is 4.98 Å². The summed E-state index contributed by atoms with van der Waals surface area (Å²) < 4.78 is 5.77. The molecule has 0 spiro atoms. The average Bonchev–Trinajstić information content (AvgIpc) is 3.29. The van der Waals surface area contributed by atoms with Gasteiger partial charge in [0, 0.05) is 36.4 Å². The highest BCUT2D eigenvalue weighted by atomic mass is 32.1. The Hall–Kier alpha value is -2.40. The van der Waals surface area contributed by atoms with Gasteiger partial charge in [0.05, 0.1) is 6.20 Å². The Morgan fingerprint density at radius 3 is 3.00 bits per heavy atom. The molecule has 5 heteroatoms.